The quantitative estimate of drug-likeness (QED) is 0.391. The molecular weight excluding hydrogens is 305 g/mol. The molecule has 0 bridgehead atoms. The minimum atomic E-state index is -4.51. The van der Waals surface area contributed by atoms with Gasteiger partial charge in [0.25, 0.3) is 0 Å². The van der Waals surface area contributed by atoms with Gasteiger partial charge in [-0.2, -0.15) is 25.3 Å². The zero-order valence-electron chi connectivity index (χ0n) is 6.33. The van der Waals surface area contributed by atoms with Gasteiger partial charge in [0.05, 0.1) is 0 Å². The predicted octanol–water partition coefficient (Wildman–Crippen LogP) is 3.49. The zero-order valence-corrected chi connectivity index (χ0v) is 10.9. The maximum absolute atomic E-state index is 12.2. The summed E-state index contributed by atoms with van der Waals surface area (Å²) in [4.78, 5) is 0. The summed E-state index contributed by atoms with van der Waals surface area (Å²) in [5.74, 6) is -0.906. The van der Waals surface area contributed by atoms with Crippen molar-refractivity contribution in [2.75, 3.05) is 0 Å². The normalized spacial score (nSPS) is 10.4. The molecule has 1 aromatic carbocycles. The average molecular weight is 308 g/mol. The molecule has 0 unspecified atom stereocenters. The van der Waals surface area contributed by atoms with Crippen molar-refractivity contribution in [3.05, 3.63) is 35.6 Å². The number of benzene rings is 1. The molecule has 1 aromatic rings. The van der Waals surface area contributed by atoms with Crippen LogP contribution in [0.15, 0.2) is 18.2 Å². The van der Waals surface area contributed by atoms with Crippen LogP contribution in [0.2, 0.25) is 0 Å². The molecule has 0 aliphatic carbocycles. The van der Waals surface area contributed by atoms with Gasteiger partial charge < -0.3 is 0 Å². The van der Waals surface area contributed by atoms with E-state index >= 15 is 0 Å². The van der Waals surface area contributed by atoms with Gasteiger partial charge in [-0.1, -0.05) is 5.56 Å². The molecule has 68 valence electrons. The minimum absolute atomic E-state index is 0.403. The fraction of sp³-hybridized carbons (Fsp3) is 0.143. The van der Waals surface area contributed by atoms with Crippen LogP contribution in [-0.4, -0.2) is 0 Å². The van der Waals surface area contributed by atoms with Gasteiger partial charge in [-0.15, -0.1) is 12.1 Å². The summed E-state index contributed by atoms with van der Waals surface area (Å²) in [6, 6.07) is 4.10. The van der Waals surface area contributed by atoms with E-state index in [4.69, 9.17) is 0 Å². The third-order valence-electron chi connectivity index (χ3n) is 1.07. The second kappa shape index (κ2) is 5.71. The van der Waals surface area contributed by atoms with Crippen LogP contribution >= 0.6 is 13.6 Å². The third kappa shape index (κ3) is 4.72. The van der Waals surface area contributed by atoms with E-state index in [0.29, 0.717) is 6.07 Å². The molecular formula is C7H3BrF4Zn. The molecule has 0 radical (unpaired) electrons. The fourth-order valence-corrected chi connectivity index (χ4v) is 0.602. The van der Waals surface area contributed by atoms with Gasteiger partial charge in [0, 0.05) is 5.82 Å². The number of alkyl halides is 3. The summed E-state index contributed by atoms with van der Waals surface area (Å²) in [6.45, 7) is 0. The molecule has 0 nitrogen and oxygen atoms in total. The molecule has 0 N–H and O–H groups in total. The van der Waals surface area contributed by atoms with Crippen molar-refractivity contribution in [2.24, 2.45) is 0 Å². The van der Waals surface area contributed by atoms with Crippen molar-refractivity contribution in [3.63, 3.8) is 0 Å². The van der Waals surface area contributed by atoms with Gasteiger partial charge in [-0.05, 0) is 0 Å². The van der Waals surface area contributed by atoms with E-state index in [-0.39, 0.29) is 0 Å². The maximum atomic E-state index is 12.2. The Morgan fingerprint density at radius 3 is 2.15 bits per heavy atom. The first-order valence-electron chi connectivity index (χ1n) is 3.01. The molecule has 0 aromatic heterocycles. The molecule has 0 fully saturated rings. The van der Waals surface area contributed by atoms with Gasteiger partial charge in [0.1, 0.15) is 0 Å². The van der Waals surface area contributed by atoms with Crippen LogP contribution in [0.4, 0.5) is 17.6 Å². The Kier molecular flexibility index (Phi) is 5.73. The number of hydrogen-bond acceptors (Lipinski definition) is 0. The Labute approximate surface area is 89.4 Å². The summed E-state index contributed by atoms with van der Waals surface area (Å²) >= 11 is 4.25. The summed E-state index contributed by atoms with van der Waals surface area (Å²) in [5, 5.41) is 0. The Bertz CT molecular complexity index is 261. The second-order valence-corrected chi connectivity index (χ2v) is 1.92. The van der Waals surface area contributed by atoms with E-state index in [1.54, 1.807) is 0 Å². The average Bonchev–Trinajstić information content (AvgIpc) is 2.06. The number of rotatable bonds is 0. The predicted molar refractivity (Wildman–Crippen MR) is 39.2 cm³/mol. The monoisotopic (exact) mass is 306 g/mol. The number of hydrogen-bond donors (Lipinski definition) is 0. The Morgan fingerprint density at radius 1 is 1.31 bits per heavy atom. The first-order valence-corrected chi connectivity index (χ1v) is 9.96. The van der Waals surface area contributed by atoms with Crippen LogP contribution < -0.4 is 0 Å². The van der Waals surface area contributed by atoms with Crippen LogP contribution in [0.1, 0.15) is 5.56 Å². The molecule has 1 rings (SSSR count). The molecule has 0 aliphatic heterocycles. The Morgan fingerprint density at radius 2 is 1.85 bits per heavy atom. The SMILES string of the molecule is Fc1cc[c-]c(C(F)(F)F)c1.[Zn+][Br]. The second-order valence-electron chi connectivity index (χ2n) is 1.92. The molecule has 0 atom stereocenters. The summed E-state index contributed by atoms with van der Waals surface area (Å²) in [7, 11) is 0. The molecule has 0 heterocycles. The van der Waals surface area contributed by atoms with Gasteiger partial charge in [0.15, 0.2) is 0 Å². The van der Waals surface area contributed by atoms with Gasteiger partial charge >= 0.3 is 36.1 Å². The molecule has 0 saturated heterocycles. The van der Waals surface area contributed by atoms with Crippen LogP contribution in [0.5, 0.6) is 0 Å². The fourth-order valence-electron chi connectivity index (χ4n) is 0.602. The molecule has 0 spiro atoms. The first-order chi connectivity index (χ1) is 6.00. The van der Waals surface area contributed by atoms with Gasteiger partial charge in [0.2, 0.25) is 0 Å². The van der Waals surface area contributed by atoms with Crippen molar-refractivity contribution in [1.82, 2.24) is 0 Å². The first kappa shape index (κ1) is 13.0. The van der Waals surface area contributed by atoms with E-state index in [0.717, 1.165) is 12.1 Å². The van der Waals surface area contributed by atoms with Crippen molar-refractivity contribution in [1.29, 1.82) is 0 Å². The van der Waals surface area contributed by atoms with E-state index in [1.807, 2.05) is 6.07 Å². The molecule has 13 heavy (non-hydrogen) atoms. The van der Waals surface area contributed by atoms with Gasteiger partial charge in [-0.3, -0.25) is 0 Å². The van der Waals surface area contributed by atoms with Crippen LogP contribution in [0.3, 0.4) is 0 Å². The Hall–Kier alpha value is 0.0434. The topological polar surface area (TPSA) is 0 Å². The molecule has 0 saturated carbocycles. The summed E-state index contributed by atoms with van der Waals surface area (Å²) in [6.07, 6.45) is -4.51. The van der Waals surface area contributed by atoms with E-state index in [9.17, 15) is 17.6 Å². The molecule has 6 heteroatoms. The molecule has 0 aliphatic rings. The van der Waals surface area contributed by atoms with Crippen molar-refractivity contribution < 1.29 is 33.9 Å². The van der Waals surface area contributed by atoms with E-state index in [1.165, 1.54) is 16.3 Å². The Balaban J connectivity index is 0.000000671. The van der Waals surface area contributed by atoms with Crippen LogP contribution in [0, 0.1) is 11.9 Å². The van der Waals surface area contributed by atoms with Crippen molar-refractivity contribution >= 4 is 13.6 Å². The van der Waals surface area contributed by atoms with Crippen LogP contribution in [0.25, 0.3) is 0 Å². The number of halogens is 5. The van der Waals surface area contributed by atoms with E-state index in [2.05, 4.69) is 13.6 Å². The van der Waals surface area contributed by atoms with E-state index < -0.39 is 17.6 Å². The summed E-state index contributed by atoms with van der Waals surface area (Å²) in [5.41, 5.74) is -1.09. The van der Waals surface area contributed by atoms with Crippen molar-refractivity contribution in [2.45, 2.75) is 6.18 Å². The zero-order chi connectivity index (χ0) is 10.5. The van der Waals surface area contributed by atoms with Crippen LogP contribution in [-0.2, 0) is 22.5 Å². The van der Waals surface area contributed by atoms with Crippen molar-refractivity contribution in [3.8, 4) is 0 Å². The summed E-state index contributed by atoms with van der Waals surface area (Å²) < 4.78 is 47.5. The molecule has 0 amide bonds. The standard InChI is InChI=1S/C7H3F4.BrH.Zn/c8-6-3-1-2-5(4-6)7(9,10)11;;/h1,3-4H;1H;/q-1;;+2/p-1. The van der Waals surface area contributed by atoms with Gasteiger partial charge in [-0.25, -0.2) is 4.39 Å². The third-order valence-corrected chi connectivity index (χ3v) is 1.07.